The van der Waals surface area contributed by atoms with Crippen molar-refractivity contribution < 1.29 is 19.4 Å². The Morgan fingerprint density at radius 2 is 2.11 bits per heavy atom. The van der Waals surface area contributed by atoms with Crippen LogP contribution in [0.2, 0.25) is 0 Å². The van der Waals surface area contributed by atoms with Crippen LogP contribution in [0.3, 0.4) is 0 Å². The van der Waals surface area contributed by atoms with Crippen LogP contribution < -0.4 is 5.32 Å². The average molecular weight is 284 g/mol. The Morgan fingerprint density at radius 1 is 1.42 bits per heavy atom. The van der Waals surface area contributed by atoms with Gasteiger partial charge in [-0.1, -0.05) is 0 Å². The standard InChI is InChI=1S/C12H16N2O4S/c1-6-10(19-7(2)14-6)5-13-11(15)8-3-4-9(18-8)12(16)17/h8-9H,3-5H2,1-2H3,(H,13,15)(H,16,17)/t8-,9+/m0/s1. The number of carbonyl (C=O) groups is 2. The van der Waals surface area contributed by atoms with Crippen molar-refractivity contribution in [2.24, 2.45) is 0 Å². The molecule has 6 nitrogen and oxygen atoms in total. The average Bonchev–Trinajstić information content (AvgIpc) is 2.93. The number of hydrogen-bond donors (Lipinski definition) is 2. The number of carboxylic acids is 1. The van der Waals surface area contributed by atoms with Gasteiger partial charge in [-0.05, 0) is 26.7 Å². The second-order valence-corrected chi connectivity index (χ2v) is 5.78. The largest absolute Gasteiger partial charge is 0.479 e. The lowest BCUT2D eigenvalue weighted by molar-refractivity contribution is -0.151. The molecule has 1 aliphatic heterocycles. The van der Waals surface area contributed by atoms with E-state index in [0.717, 1.165) is 15.6 Å². The van der Waals surface area contributed by atoms with Crippen LogP contribution in [-0.2, 0) is 20.9 Å². The molecule has 1 amide bonds. The fourth-order valence-electron chi connectivity index (χ4n) is 2.03. The van der Waals surface area contributed by atoms with Gasteiger partial charge in [-0.25, -0.2) is 9.78 Å². The minimum atomic E-state index is -1.01. The Labute approximate surface area is 114 Å². The first-order valence-corrected chi connectivity index (χ1v) is 6.88. The first kappa shape index (κ1) is 14.0. The van der Waals surface area contributed by atoms with Gasteiger partial charge in [-0.2, -0.15) is 0 Å². The number of aliphatic carboxylic acids is 1. The number of nitrogens with one attached hydrogen (secondary N) is 1. The van der Waals surface area contributed by atoms with E-state index in [0.29, 0.717) is 19.4 Å². The Balaban J connectivity index is 1.85. The second kappa shape index (κ2) is 5.66. The third kappa shape index (κ3) is 3.30. The molecule has 2 heterocycles. The molecule has 0 unspecified atom stereocenters. The molecule has 1 fully saturated rings. The predicted octanol–water partition coefficient (Wildman–Crippen LogP) is 1.01. The summed E-state index contributed by atoms with van der Waals surface area (Å²) in [6.45, 7) is 4.23. The first-order valence-electron chi connectivity index (χ1n) is 6.06. The minimum absolute atomic E-state index is 0.255. The molecule has 2 N–H and O–H groups in total. The lowest BCUT2D eigenvalue weighted by Gasteiger charge is -2.11. The highest BCUT2D eigenvalue weighted by Gasteiger charge is 2.34. The van der Waals surface area contributed by atoms with Crippen LogP contribution >= 0.6 is 11.3 Å². The number of ether oxygens (including phenoxy) is 1. The zero-order valence-corrected chi connectivity index (χ0v) is 11.6. The summed E-state index contributed by atoms with van der Waals surface area (Å²) in [5.41, 5.74) is 0.915. The zero-order chi connectivity index (χ0) is 14.0. The van der Waals surface area contributed by atoms with Gasteiger partial charge in [-0.15, -0.1) is 11.3 Å². The van der Waals surface area contributed by atoms with Gasteiger partial charge in [0.2, 0.25) is 5.91 Å². The highest BCUT2D eigenvalue weighted by Crippen LogP contribution is 2.21. The molecule has 0 saturated carbocycles. The number of aromatic nitrogens is 1. The smallest absolute Gasteiger partial charge is 0.332 e. The summed E-state index contributed by atoms with van der Waals surface area (Å²) >= 11 is 1.54. The van der Waals surface area contributed by atoms with Crippen LogP contribution in [-0.4, -0.2) is 34.2 Å². The maximum Gasteiger partial charge on any atom is 0.332 e. The van der Waals surface area contributed by atoms with Crippen molar-refractivity contribution >= 4 is 23.2 Å². The van der Waals surface area contributed by atoms with Gasteiger partial charge in [-0.3, -0.25) is 4.79 Å². The fraction of sp³-hybridized carbons (Fsp3) is 0.583. The second-order valence-electron chi connectivity index (χ2n) is 4.49. The topological polar surface area (TPSA) is 88.5 Å². The SMILES string of the molecule is Cc1nc(C)c(CNC(=O)[C@@H]2CC[C@H](C(=O)O)O2)s1. The number of nitrogens with zero attached hydrogens (tertiary/aromatic N) is 1. The normalized spacial score (nSPS) is 22.4. The molecule has 0 bridgehead atoms. The number of carbonyl (C=O) groups excluding carboxylic acids is 1. The molecule has 0 aliphatic carbocycles. The Kier molecular flexibility index (Phi) is 4.16. The van der Waals surface area contributed by atoms with Crippen molar-refractivity contribution in [3.05, 3.63) is 15.6 Å². The molecular formula is C12H16N2O4S. The number of amides is 1. The van der Waals surface area contributed by atoms with Crippen LogP contribution in [0.5, 0.6) is 0 Å². The van der Waals surface area contributed by atoms with Crippen LogP contribution in [0.1, 0.15) is 28.4 Å². The molecule has 1 aliphatic rings. The van der Waals surface area contributed by atoms with Gasteiger partial charge >= 0.3 is 5.97 Å². The number of rotatable bonds is 4. The molecule has 1 aromatic rings. The van der Waals surface area contributed by atoms with Gasteiger partial charge in [0.25, 0.3) is 0 Å². The number of carboxylic acid groups (broad SMARTS) is 1. The summed E-state index contributed by atoms with van der Waals surface area (Å²) in [5.74, 6) is -1.27. The molecule has 2 rings (SSSR count). The molecule has 0 radical (unpaired) electrons. The number of aryl methyl sites for hydroxylation is 2. The predicted molar refractivity (Wildman–Crippen MR) is 69.0 cm³/mol. The van der Waals surface area contributed by atoms with E-state index in [1.165, 1.54) is 0 Å². The van der Waals surface area contributed by atoms with Crippen molar-refractivity contribution in [1.29, 1.82) is 0 Å². The maximum atomic E-state index is 11.9. The molecular weight excluding hydrogens is 268 g/mol. The van der Waals surface area contributed by atoms with Crippen molar-refractivity contribution in [2.75, 3.05) is 0 Å². The van der Waals surface area contributed by atoms with E-state index in [9.17, 15) is 9.59 Å². The van der Waals surface area contributed by atoms with Crippen molar-refractivity contribution in [2.45, 2.75) is 45.4 Å². The Bertz CT molecular complexity index is 500. The Morgan fingerprint density at radius 3 is 2.63 bits per heavy atom. The monoisotopic (exact) mass is 284 g/mol. The summed E-state index contributed by atoms with van der Waals surface area (Å²) < 4.78 is 5.18. The van der Waals surface area contributed by atoms with Gasteiger partial charge < -0.3 is 15.2 Å². The van der Waals surface area contributed by atoms with Crippen LogP contribution in [0.15, 0.2) is 0 Å². The molecule has 1 aromatic heterocycles. The van der Waals surface area contributed by atoms with Gasteiger partial charge in [0, 0.05) is 4.88 Å². The number of thiazole rings is 1. The van der Waals surface area contributed by atoms with Gasteiger partial charge in [0.15, 0.2) is 6.10 Å². The molecule has 0 spiro atoms. The van der Waals surface area contributed by atoms with E-state index in [4.69, 9.17) is 9.84 Å². The third-order valence-electron chi connectivity index (χ3n) is 3.01. The van der Waals surface area contributed by atoms with Crippen LogP contribution in [0.25, 0.3) is 0 Å². The number of hydrogen-bond acceptors (Lipinski definition) is 5. The maximum absolute atomic E-state index is 11.9. The summed E-state index contributed by atoms with van der Waals surface area (Å²) in [4.78, 5) is 27.9. The summed E-state index contributed by atoms with van der Waals surface area (Å²) in [5, 5.41) is 12.5. The van der Waals surface area contributed by atoms with Crippen molar-refractivity contribution in [1.82, 2.24) is 10.3 Å². The van der Waals surface area contributed by atoms with Crippen LogP contribution in [0, 0.1) is 13.8 Å². The lowest BCUT2D eigenvalue weighted by atomic mass is 10.2. The van der Waals surface area contributed by atoms with E-state index < -0.39 is 18.2 Å². The molecule has 19 heavy (non-hydrogen) atoms. The quantitative estimate of drug-likeness (QED) is 0.861. The highest BCUT2D eigenvalue weighted by molar-refractivity contribution is 7.11. The van der Waals surface area contributed by atoms with Crippen LogP contribution in [0.4, 0.5) is 0 Å². The van der Waals surface area contributed by atoms with Gasteiger partial charge in [0.1, 0.15) is 6.10 Å². The summed E-state index contributed by atoms with van der Waals surface area (Å²) in [6.07, 6.45) is -0.686. The zero-order valence-electron chi connectivity index (χ0n) is 10.8. The fourth-order valence-corrected chi connectivity index (χ4v) is 2.91. The lowest BCUT2D eigenvalue weighted by Crippen LogP contribution is -2.35. The Hall–Kier alpha value is -1.47. The molecule has 2 atom stereocenters. The van der Waals surface area contributed by atoms with E-state index in [2.05, 4.69) is 10.3 Å². The van der Waals surface area contributed by atoms with E-state index in [1.807, 2.05) is 13.8 Å². The van der Waals surface area contributed by atoms with E-state index in [1.54, 1.807) is 11.3 Å². The molecule has 104 valence electrons. The molecule has 1 saturated heterocycles. The third-order valence-corrected chi connectivity index (χ3v) is 4.08. The molecule has 7 heteroatoms. The summed E-state index contributed by atoms with van der Waals surface area (Å²) in [6, 6.07) is 0. The minimum Gasteiger partial charge on any atom is -0.479 e. The first-order chi connectivity index (χ1) is 8.97. The van der Waals surface area contributed by atoms with E-state index >= 15 is 0 Å². The highest BCUT2D eigenvalue weighted by atomic mass is 32.1. The van der Waals surface area contributed by atoms with Crippen molar-refractivity contribution in [3.63, 3.8) is 0 Å². The van der Waals surface area contributed by atoms with Gasteiger partial charge in [0.05, 0.1) is 17.2 Å². The molecule has 0 aromatic carbocycles. The summed E-state index contributed by atoms with van der Waals surface area (Å²) in [7, 11) is 0. The van der Waals surface area contributed by atoms with Crippen molar-refractivity contribution in [3.8, 4) is 0 Å². The van der Waals surface area contributed by atoms with E-state index in [-0.39, 0.29) is 5.91 Å².